The molecule has 0 unspecified atom stereocenters. The van der Waals surface area contributed by atoms with Crippen LogP contribution in [0.25, 0.3) is 0 Å². The van der Waals surface area contributed by atoms with Crippen LogP contribution in [0.5, 0.6) is 0 Å². The molecule has 2 rings (SSSR count). The van der Waals surface area contributed by atoms with E-state index in [1.54, 1.807) is 42.5 Å². The van der Waals surface area contributed by atoms with Gasteiger partial charge in [0.1, 0.15) is 5.82 Å². The molecule has 0 fully saturated rings. The number of hydrogen-bond donors (Lipinski definition) is 2. The summed E-state index contributed by atoms with van der Waals surface area (Å²) in [5.41, 5.74) is 4.07. The number of nitrogens with one attached hydrogen (secondary N) is 2. The van der Waals surface area contributed by atoms with Crippen LogP contribution in [-0.4, -0.2) is 24.4 Å². The van der Waals surface area contributed by atoms with Crippen molar-refractivity contribution >= 4 is 35.2 Å². The van der Waals surface area contributed by atoms with E-state index in [1.165, 1.54) is 19.4 Å². The molecule has 2 aromatic rings. The van der Waals surface area contributed by atoms with Crippen LogP contribution >= 0.6 is 12.2 Å². The molecule has 2 N–H and O–H groups in total. The zero-order valence-corrected chi connectivity index (χ0v) is 13.1. The second kappa shape index (κ2) is 8.00. The largest absolute Gasteiger partial charge is 0.465 e. The number of carbonyl (C=O) groups is 1. The minimum absolute atomic E-state index is 0.164. The number of thiocarbonyl (C=S) groups is 1. The van der Waals surface area contributed by atoms with Gasteiger partial charge in [-0.1, -0.05) is 24.3 Å². The summed E-state index contributed by atoms with van der Waals surface area (Å²) in [5, 5.41) is 6.81. The quantitative estimate of drug-likeness (QED) is 0.390. The monoisotopic (exact) mass is 331 g/mol. The van der Waals surface area contributed by atoms with Gasteiger partial charge in [0.2, 0.25) is 0 Å². The van der Waals surface area contributed by atoms with Crippen molar-refractivity contribution in [3.63, 3.8) is 0 Å². The Morgan fingerprint density at radius 2 is 1.91 bits per heavy atom. The van der Waals surface area contributed by atoms with Gasteiger partial charge in [-0.2, -0.15) is 5.10 Å². The van der Waals surface area contributed by atoms with Crippen molar-refractivity contribution < 1.29 is 13.9 Å². The van der Waals surface area contributed by atoms with Crippen molar-refractivity contribution in [3.05, 3.63) is 65.5 Å². The molecule has 0 amide bonds. The van der Waals surface area contributed by atoms with E-state index in [1.807, 2.05) is 0 Å². The van der Waals surface area contributed by atoms with Gasteiger partial charge in [-0.3, -0.25) is 5.43 Å². The molecule has 0 bridgehead atoms. The van der Waals surface area contributed by atoms with Crippen molar-refractivity contribution in [1.82, 2.24) is 5.43 Å². The topological polar surface area (TPSA) is 62.7 Å². The van der Waals surface area contributed by atoms with Crippen molar-refractivity contribution in [2.45, 2.75) is 0 Å². The molecule has 0 saturated heterocycles. The summed E-state index contributed by atoms with van der Waals surface area (Å²) in [5.74, 6) is -0.805. The predicted molar refractivity (Wildman–Crippen MR) is 91.1 cm³/mol. The first-order chi connectivity index (χ1) is 11.1. The number of para-hydroxylation sites is 1. The van der Waals surface area contributed by atoms with Crippen LogP contribution < -0.4 is 10.7 Å². The fourth-order valence-corrected chi connectivity index (χ4v) is 1.86. The molecule has 2 aromatic carbocycles. The third-order valence-corrected chi connectivity index (χ3v) is 3.03. The smallest absolute Gasteiger partial charge is 0.337 e. The van der Waals surface area contributed by atoms with Gasteiger partial charge in [-0.05, 0) is 42.0 Å². The van der Waals surface area contributed by atoms with Gasteiger partial charge in [0.25, 0.3) is 0 Å². The molecule has 0 saturated carbocycles. The molecule has 7 heteroatoms. The molecule has 0 aliphatic heterocycles. The van der Waals surface area contributed by atoms with Crippen molar-refractivity contribution in [3.8, 4) is 0 Å². The van der Waals surface area contributed by atoms with Crippen molar-refractivity contribution in [2.75, 3.05) is 12.4 Å². The van der Waals surface area contributed by atoms with E-state index in [0.717, 1.165) is 5.56 Å². The molecule has 118 valence electrons. The molecular weight excluding hydrogens is 317 g/mol. The summed E-state index contributed by atoms with van der Waals surface area (Å²) in [6, 6.07) is 12.9. The molecule has 0 atom stereocenters. The summed E-state index contributed by atoms with van der Waals surface area (Å²) >= 11 is 5.02. The van der Waals surface area contributed by atoms with Crippen LogP contribution in [0.15, 0.2) is 53.6 Å². The lowest BCUT2D eigenvalue weighted by Gasteiger charge is -2.07. The third-order valence-electron chi connectivity index (χ3n) is 2.83. The van der Waals surface area contributed by atoms with E-state index < -0.39 is 11.8 Å². The van der Waals surface area contributed by atoms with Gasteiger partial charge in [0.15, 0.2) is 5.11 Å². The van der Waals surface area contributed by atoms with Gasteiger partial charge >= 0.3 is 5.97 Å². The zero-order valence-electron chi connectivity index (χ0n) is 12.2. The van der Waals surface area contributed by atoms with Crippen LogP contribution in [-0.2, 0) is 4.74 Å². The Balaban J connectivity index is 1.90. The molecule has 0 radical (unpaired) electrons. The Bertz CT molecular complexity index is 732. The summed E-state index contributed by atoms with van der Waals surface area (Å²) in [4.78, 5) is 11.3. The molecule has 23 heavy (non-hydrogen) atoms. The van der Waals surface area contributed by atoms with E-state index >= 15 is 0 Å². The minimum atomic E-state index is -0.404. The van der Waals surface area contributed by atoms with E-state index in [2.05, 4.69) is 20.6 Å². The summed E-state index contributed by atoms with van der Waals surface area (Å²) in [6.45, 7) is 0. The van der Waals surface area contributed by atoms with Gasteiger partial charge in [0.05, 0.1) is 24.6 Å². The van der Waals surface area contributed by atoms with E-state index in [0.29, 0.717) is 5.56 Å². The molecule has 0 spiro atoms. The molecule has 0 aromatic heterocycles. The fourth-order valence-electron chi connectivity index (χ4n) is 1.70. The average molecular weight is 331 g/mol. The third kappa shape index (κ3) is 4.86. The maximum absolute atomic E-state index is 13.4. The lowest BCUT2D eigenvalue weighted by Crippen LogP contribution is -2.24. The van der Waals surface area contributed by atoms with Crippen molar-refractivity contribution in [1.29, 1.82) is 0 Å². The van der Waals surface area contributed by atoms with Crippen LogP contribution in [0.1, 0.15) is 15.9 Å². The Hall–Kier alpha value is -2.80. The normalized spacial score (nSPS) is 10.3. The fraction of sp³-hybridized carbons (Fsp3) is 0.0625. The number of ether oxygens (including phenoxy) is 1. The highest BCUT2D eigenvalue weighted by atomic mass is 32.1. The second-order valence-corrected chi connectivity index (χ2v) is 4.83. The van der Waals surface area contributed by atoms with Gasteiger partial charge in [-0.25, -0.2) is 9.18 Å². The maximum atomic E-state index is 13.4. The van der Waals surface area contributed by atoms with Crippen LogP contribution in [0, 0.1) is 5.82 Å². The first-order valence-corrected chi connectivity index (χ1v) is 7.04. The Kier molecular flexibility index (Phi) is 5.76. The Labute approximate surface area is 138 Å². The average Bonchev–Trinajstić information content (AvgIpc) is 2.57. The van der Waals surface area contributed by atoms with Crippen LogP contribution in [0.4, 0.5) is 10.1 Å². The minimum Gasteiger partial charge on any atom is -0.465 e. The second-order valence-electron chi connectivity index (χ2n) is 4.42. The standard InChI is InChI=1S/C16H14FN3O2S/c1-22-15(21)12-8-6-11(7-9-12)10-18-20-16(23)19-14-5-3-2-4-13(14)17/h2-10H,1H3,(H2,19,20,23)/b18-10-. The summed E-state index contributed by atoms with van der Waals surface area (Å²) < 4.78 is 18.1. The Morgan fingerprint density at radius 3 is 2.57 bits per heavy atom. The van der Waals surface area contributed by atoms with Gasteiger partial charge in [0, 0.05) is 0 Å². The molecule has 0 heterocycles. The number of rotatable bonds is 4. The Morgan fingerprint density at radius 1 is 1.22 bits per heavy atom. The maximum Gasteiger partial charge on any atom is 0.337 e. The SMILES string of the molecule is COC(=O)c1ccc(/C=N\NC(=S)Nc2ccccc2F)cc1. The zero-order chi connectivity index (χ0) is 16.7. The predicted octanol–water partition coefficient (Wildman–Crippen LogP) is 2.93. The molecular formula is C16H14FN3O2S. The number of carbonyl (C=O) groups excluding carboxylic acids is 1. The summed E-state index contributed by atoms with van der Waals surface area (Å²) in [7, 11) is 1.32. The molecule has 0 aliphatic carbocycles. The van der Waals surface area contributed by atoms with Crippen molar-refractivity contribution in [2.24, 2.45) is 5.10 Å². The number of anilines is 1. The first kappa shape index (κ1) is 16.6. The molecule has 0 aliphatic rings. The van der Waals surface area contributed by atoms with Crippen LogP contribution in [0.3, 0.4) is 0 Å². The first-order valence-electron chi connectivity index (χ1n) is 6.63. The van der Waals surface area contributed by atoms with E-state index in [-0.39, 0.29) is 10.8 Å². The number of halogens is 1. The highest BCUT2D eigenvalue weighted by Crippen LogP contribution is 2.11. The number of methoxy groups -OCH3 is 1. The number of benzene rings is 2. The lowest BCUT2D eigenvalue weighted by atomic mass is 10.1. The van der Waals surface area contributed by atoms with E-state index in [9.17, 15) is 9.18 Å². The number of esters is 1. The summed E-state index contributed by atoms with van der Waals surface area (Å²) in [6.07, 6.45) is 1.52. The van der Waals surface area contributed by atoms with Gasteiger partial charge in [-0.15, -0.1) is 0 Å². The highest BCUT2D eigenvalue weighted by Gasteiger charge is 2.04. The van der Waals surface area contributed by atoms with Gasteiger partial charge < -0.3 is 10.1 Å². The van der Waals surface area contributed by atoms with Crippen LogP contribution in [0.2, 0.25) is 0 Å². The molecule has 5 nitrogen and oxygen atoms in total. The number of hydrogen-bond acceptors (Lipinski definition) is 4. The lowest BCUT2D eigenvalue weighted by molar-refractivity contribution is 0.0600. The number of nitrogens with zero attached hydrogens (tertiary/aromatic N) is 1. The van der Waals surface area contributed by atoms with E-state index in [4.69, 9.17) is 12.2 Å². The number of hydrazone groups is 1. The highest BCUT2D eigenvalue weighted by molar-refractivity contribution is 7.80.